The average Bonchev–Trinajstić information content (AvgIpc) is 3.28. The van der Waals surface area contributed by atoms with E-state index in [0.29, 0.717) is 13.0 Å². The molecule has 39 heavy (non-hydrogen) atoms. The molecule has 3 nitrogen and oxygen atoms in total. The van der Waals surface area contributed by atoms with Gasteiger partial charge >= 0.3 is 0 Å². The maximum Gasteiger partial charge on any atom is 0.192 e. The van der Waals surface area contributed by atoms with Crippen LogP contribution in [0.5, 0.6) is 0 Å². The Hall–Kier alpha value is -3.24. The Morgan fingerprint density at radius 3 is 2.05 bits per heavy atom. The van der Waals surface area contributed by atoms with Crippen LogP contribution in [-0.2, 0) is 4.43 Å². The van der Waals surface area contributed by atoms with Gasteiger partial charge in [0.25, 0.3) is 0 Å². The number of anilines is 1. The Kier molecular flexibility index (Phi) is 8.75. The topological polar surface area (TPSA) is 25.4 Å². The fourth-order valence-electron chi connectivity index (χ4n) is 4.04. The quantitative estimate of drug-likeness (QED) is 0.129. The third kappa shape index (κ3) is 6.67. The van der Waals surface area contributed by atoms with E-state index in [2.05, 4.69) is 79.9 Å². The highest BCUT2D eigenvalue weighted by Crippen LogP contribution is 2.48. The van der Waals surface area contributed by atoms with Crippen LogP contribution in [0.2, 0.25) is 18.1 Å². The average molecular weight is 557 g/mol. The summed E-state index contributed by atoms with van der Waals surface area (Å²) < 4.78 is 20.2. The van der Waals surface area contributed by atoms with Crippen LogP contribution in [0, 0.1) is 17.7 Å². The molecular weight excluding hydrogens is 520 g/mol. The summed E-state index contributed by atoms with van der Waals surface area (Å²) in [6.45, 7) is 11.9. The number of pyridine rings is 1. The molecule has 2 aromatic carbocycles. The van der Waals surface area contributed by atoms with Gasteiger partial charge in [-0.05, 0) is 71.2 Å². The summed E-state index contributed by atoms with van der Waals surface area (Å²) in [6, 6.07) is 19.3. The second-order valence-corrected chi connectivity index (χ2v) is 17.2. The van der Waals surface area contributed by atoms with Crippen molar-refractivity contribution in [2.75, 3.05) is 25.6 Å². The maximum atomic E-state index is 13.8. The third-order valence-electron chi connectivity index (χ3n) is 7.35. The highest BCUT2D eigenvalue weighted by molar-refractivity contribution is 7.17. The standard InChI is InChI=1S/C33H37FN2OSSi/c1-33(2,3)39(6,7)37-23-9-8-10-29-30(24-13-17-28(18-14-24)36(4)5)31(25-19-21-35-22-20-25)32(38-29)26-11-15-27(34)16-12-26/h11-22H,9,23H2,1-7H3. The minimum atomic E-state index is -1.82. The number of thiophene rings is 1. The molecule has 0 saturated carbocycles. The molecule has 6 heteroatoms. The predicted octanol–water partition coefficient (Wildman–Crippen LogP) is 9.11. The number of rotatable bonds is 7. The highest BCUT2D eigenvalue weighted by atomic mass is 32.1. The smallest absolute Gasteiger partial charge is 0.192 e. The molecule has 2 aromatic heterocycles. The first-order valence-corrected chi connectivity index (χ1v) is 16.9. The number of hydrogen-bond donors (Lipinski definition) is 0. The zero-order chi connectivity index (χ0) is 28.2. The lowest BCUT2D eigenvalue weighted by atomic mass is 9.93. The first kappa shape index (κ1) is 28.8. The number of aromatic nitrogens is 1. The van der Waals surface area contributed by atoms with Crippen molar-refractivity contribution in [2.24, 2.45) is 0 Å². The van der Waals surface area contributed by atoms with Gasteiger partial charge in [-0.15, -0.1) is 11.3 Å². The van der Waals surface area contributed by atoms with Crippen LogP contribution in [-0.4, -0.2) is 34.0 Å². The van der Waals surface area contributed by atoms with Crippen LogP contribution in [0.25, 0.3) is 32.7 Å². The third-order valence-corrected chi connectivity index (χ3v) is 13.0. The molecule has 4 rings (SSSR count). The van der Waals surface area contributed by atoms with Crippen LogP contribution in [0.15, 0.2) is 73.1 Å². The highest BCUT2D eigenvalue weighted by Gasteiger charge is 2.36. The van der Waals surface area contributed by atoms with Crippen LogP contribution < -0.4 is 4.90 Å². The second kappa shape index (κ2) is 11.9. The van der Waals surface area contributed by atoms with Gasteiger partial charge in [-0.25, -0.2) is 4.39 Å². The van der Waals surface area contributed by atoms with E-state index in [-0.39, 0.29) is 10.9 Å². The summed E-state index contributed by atoms with van der Waals surface area (Å²) in [5.41, 5.74) is 6.43. The van der Waals surface area contributed by atoms with Crippen molar-refractivity contribution in [1.29, 1.82) is 0 Å². The molecule has 0 aliphatic rings. The van der Waals surface area contributed by atoms with Gasteiger partial charge in [0.15, 0.2) is 8.32 Å². The van der Waals surface area contributed by atoms with E-state index in [1.165, 1.54) is 12.1 Å². The van der Waals surface area contributed by atoms with Gasteiger partial charge in [0.05, 0.1) is 4.88 Å². The lowest BCUT2D eigenvalue weighted by molar-refractivity contribution is 0.296. The molecule has 0 radical (unpaired) electrons. The molecule has 2 heterocycles. The minimum absolute atomic E-state index is 0.170. The van der Waals surface area contributed by atoms with Crippen molar-refractivity contribution >= 4 is 25.3 Å². The SMILES string of the molecule is CN(C)c1ccc(-c2c(C#CCCO[Si](C)(C)C(C)(C)C)sc(-c3ccc(F)cc3)c2-c2ccncc2)cc1. The summed E-state index contributed by atoms with van der Waals surface area (Å²) in [5.74, 6) is 6.64. The fraction of sp³-hybridized carbons (Fsp3) is 0.303. The monoisotopic (exact) mass is 556 g/mol. The molecule has 0 N–H and O–H groups in total. The number of hydrogen-bond acceptors (Lipinski definition) is 4. The summed E-state index contributed by atoms with van der Waals surface area (Å²) in [4.78, 5) is 8.39. The Morgan fingerprint density at radius 1 is 0.872 bits per heavy atom. The molecule has 0 bridgehead atoms. The van der Waals surface area contributed by atoms with Gasteiger partial charge in [0.2, 0.25) is 0 Å². The van der Waals surface area contributed by atoms with Crippen molar-refractivity contribution in [1.82, 2.24) is 4.98 Å². The first-order valence-electron chi connectivity index (χ1n) is 13.2. The number of halogens is 1. The molecule has 0 spiro atoms. The Bertz CT molecular complexity index is 1460. The molecule has 0 fully saturated rings. The Morgan fingerprint density at radius 2 is 1.46 bits per heavy atom. The predicted molar refractivity (Wildman–Crippen MR) is 167 cm³/mol. The van der Waals surface area contributed by atoms with E-state index in [4.69, 9.17) is 4.43 Å². The summed E-state index contributed by atoms with van der Waals surface area (Å²) >= 11 is 1.65. The fourth-order valence-corrected chi connectivity index (χ4v) is 6.31. The molecule has 0 unspecified atom stereocenters. The van der Waals surface area contributed by atoms with Crippen LogP contribution in [0.1, 0.15) is 32.1 Å². The van der Waals surface area contributed by atoms with Gasteiger partial charge in [0, 0.05) is 61.2 Å². The van der Waals surface area contributed by atoms with Gasteiger partial charge in [0.1, 0.15) is 5.82 Å². The first-order chi connectivity index (χ1) is 18.5. The van der Waals surface area contributed by atoms with Crippen molar-refractivity contribution in [3.63, 3.8) is 0 Å². The van der Waals surface area contributed by atoms with E-state index < -0.39 is 8.32 Å². The van der Waals surface area contributed by atoms with Crippen molar-refractivity contribution in [3.05, 3.63) is 83.8 Å². The summed E-state index contributed by atoms with van der Waals surface area (Å²) in [6.07, 6.45) is 4.29. The van der Waals surface area contributed by atoms with Crippen LogP contribution in [0.4, 0.5) is 10.1 Å². The van der Waals surface area contributed by atoms with E-state index in [1.807, 2.05) is 50.8 Å². The molecule has 0 saturated heterocycles. The summed E-state index contributed by atoms with van der Waals surface area (Å²) in [5, 5.41) is 0.170. The number of benzene rings is 2. The normalized spacial score (nSPS) is 11.7. The molecular formula is C33H37FN2OSSi. The minimum Gasteiger partial charge on any atom is -0.416 e. The zero-order valence-electron chi connectivity index (χ0n) is 23.9. The summed E-state index contributed by atoms with van der Waals surface area (Å²) in [7, 11) is 2.26. The molecule has 0 atom stereocenters. The molecule has 4 aromatic rings. The van der Waals surface area contributed by atoms with E-state index >= 15 is 0 Å². The Labute approximate surface area is 237 Å². The van der Waals surface area contributed by atoms with Gasteiger partial charge < -0.3 is 9.33 Å². The second-order valence-electron chi connectivity index (χ2n) is 11.4. The largest absolute Gasteiger partial charge is 0.416 e. The van der Waals surface area contributed by atoms with Crippen molar-refractivity contribution in [2.45, 2.75) is 45.3 Å². The van der Waals surface area contributed by atoms with Crippen molar-refractivity contribution in [3.8, 4) is 44.5 Å². The van der Waals surface area contributed by atoms with E-state index in [1.54, 1.807) is 11.3 Å². The van der Waals surface area contributed by atoms with E-state index in [0.717, 1.165) is 43.3 Å². The molecule has 0 amide bonds. The number of nitrogens with zero attached hydrogens (tertiary/aromatic N) is 2. The lowest BCUT2D eigenvalue weighted by Crippen LogP contribution is -2.40. The molecule has 202 valence electrons. The van der Waals surface area contributed by atoms with Crippen LogP contribution in [0.3, 0.4) is 0 Å². The van der Waals surface area contributed by atoms with Gasteiger partial charge in [-0.2, -0.15) is 0 Å². The zero-order valence-corrected chi connectivity index (χ0v) is 25.7. The lowest BCUT2D eigenvalue weighted by Gasteiger charge is -2.35. The van der Waals surface area contributed by atoms with E-state index in [9.17, 15) is 4.39 Å². The van der Waals surface area contributed by atoms with Gasteiger partial charge in [-0.3, -0.25) is 4.98 Å². The maximum absolute atomic E-state index is 13.8. The molecule has 0 aliphatic heterocycles. The van der Waals surface area contributed by atoms with Gasteiger partial charge in [-0.1, -0.05) is 56.9 Å². The Balaban J connectivity index is 1.82. The molecule has 0 aliphatic carbocycles. The van der Waals surface area contributed by atoms with Crippen molar-refractivity contribution < 1.29 is 8.82 Å². The van der Waals surface area contributed by atoms with Crippen LogP contribution >= 0.6 is 11.3 Å².